The third-order valence-corrected chi connectivity index (χ3v) is 3.33. The zero-order valence-electron chi connectivity index (χ0n) is 11.0. The average Bonchev–Trinajstić information content (AvgIpc) is 2.90. The second-order valence-corrected chi connectivity index (χ2v) is 4.72. The quantitative estimate of drug-likeness (QED) is 0.557. The minimum absolute atomic E-state index is 0.338. The Balaban J connectivity index is 2.48. The highest BCUT2D eigenvalue weighted by molar-refractivity contribution is 6.31. The maximum absolute atomic E-state index is 6.22. The van der Waals surface area contributed by atoms with Crippen LogP contribution >= 0.6 is 11.6 Å². The maximum atomic E-state index is 6.22. The topological polar surface area (TPSA) is 99.7 Å². The van der Waals surface area contributed by atoms with E-state index in [9.17, 15) is 0 Å². The Kier molecular flexibility index (Phi) is 4.08. The van der Waals surface area contributed by atoms with Crippen LogP contribution in [0.15, 0.2) is 12.4 Å². The number of hydrogen-bond acceptors (Lipinski definition) is 5. The normalized spacial score (nSPS) is 12.8. The monoisotopic (exact) mass is 283 g/mol. The molecule has 2 rings (SSSR count). The van der Waals surface area contributed by atoms with Gasteiger partial charge in [0, 0.05) is 19.2 Å². The van der Waals surface area contributed by atoms with Crippen molar-refractivity contribution in [3.63, 3.8) is 0 Å². The van der Waals surface area contributed by atoms with E-state index >= 15 is 0 Å². The Morgan fingerprint density at radius 1 is 1.42 bits per heavy atom. The van der Waals surface area contributed by atoms with E-state index in [1.807, 2.05) is 4.68 Å². The number of nitrogens with one attached hydrogen (secondary N) is 1. The molecule has 1 atom stereocenters. The molecule has 0 saturated heterocycles. The number of halogens is 1. The van der Waals surface area contributed by atoms with Crippen molar-refractivity contribution in [2.45, 2.75) is 25.9 Å². The summed E-state index contributed by atoms with van der Waals surface area (Å²) < 4.78 is 3.42. The molecule has 2 aromatic rings. The first kappa shape index (κ1) is 13.9. The number of anilines is 1. The van der Waals surface area contributed by atoms with Crippen LogP contribution in [-0.4, -0.2) is 19.6 Å². The summed E-state index contributed by atoms with van der Waals surface area (Å²) >= 11 is 6.22. The van der Waals surface area contributed by atoms with Gasteiger partial charge in [-0.1, -0.05) is 18.5 Å². The third-order valence-electron chi connectivity index (χ3n) is 3.03. The molecule has 0 aromatic carbocycles. The first-order valence-corrected chi connectivity index (χ1v) is 6.42. The van der Waals surface area contributed by atoms with E-state index in [1.54, 1.807) is 24.1 Å². The van der Waals surface area contributed by atoms with Crippen LogP contribution < -0.4 is 17.0 Å². The van der Waals surface area contributed by atoms with Gasteiger partial charge in [0.1, 0.15) is 5.82 Å². The highest BCUT2D eigenvalue weighted by Gasteiger charge is 2.24. The molecule has 0 radical (unpaired) electrons. The predicted molar refractivity (Wildman–Crippen MR) is 74.3 cm³/mol. The minimum Gasteiger partial charge on any atom is -0.384 e. The van der Waals surface area contributed by atoms with Crippen molar-refractivity contribution in [2.75, 3.05) is 5.73 Å². The summed E-state index contributed by atoms with van der Waals surface area (Å²) in [6, 6.07) is -0.338. The number of hydrogen-bond donors (Lipinski definition) is 3. The molecule has 2 aromatic heterocycles. The second kappa shape index (κ2) is 5.60. The number of rotatable bonds is 5. The fourth-order valence-electron chi connectivity index (χ4n) is 2.05. The summed E-state index contributed by atoms with van der Waals surface area (Å²) in [5.41, 5.74) is 10.3. The summed E-state index contributed by atoms with van der Waals surface area (Å²) in [5.74, 6) is 6.21. The maximum Gasteiger partial charge on any atom is 0.126 e. The van der Waals surface area contributed by atoms with Crippen molar-refractivity contribution >= 4 is 17.4 Å². The van der Waals surface area contributed by atoms with Crippen LogP contribution in [0.1, 0.15) is 30.6 Å². The highest BCUT2D eigenvalue weighted by Crippen LogP contribution is 2.30. The van der Waals surface area contributed by atoms with Gasteiger partial charge in [0.2, 0.25) is 0 Å². The molecule has 5 N–H and O–H groups in total. The van der Waals surface area contributed by atoms with E-state index in [0.717, 1.165) is 24.2 Å². The van der Waals surface area contributed by atoms with Gasteiger partial charge in [-0.2, -0.15) is 10.2 Å². The Hall–Kier alpha value is -1.57. The van der Waals surface area contributed by atoms with Crippen LogP contribution in [0.2, 0.25) is 5.02 Å². The summed E-state index contributed by atoms with van der Waals surface area (Å²) in [6.45, 7) is 2.84. The summed E-state index contributed by atoms with van der Waals surface area (Å²) in [6.07, 6.45) is 4.24. The van der Waals surface area contributed by atoms with Gasteiger partial charge >= 0.3 is 0 Å². The van der Waals surface area contributed by atoms with Gasteiger partial charge in [-0.15, -0.1) is 0 Å². The first-order chi connectivity index (χ1) is 9.10. The second-order valence-electron chi connectivity index (χ2n) is 4.31. The molecule has 0 saturated carbocycles. The van der Waals surface area contributed by atoms with E-state index in [-0.39, 0.29) is 6.04 Å². The molecular weight excluding hydrogens is 266 g/mol. The molecule has 19 heavy (non-hydrogen) atoms. The number of nitrogen functional groups attached to an aromatic ring is 1. The van der Waals surface area contributed by atoms with Crippen LogP contribution in [0.5, 0.6) is 0 Å². The molecule has 0 fully saturated rings. The lowest BCUT2D eigenvalue weighted by atomic mass is 10.1. The molecule has 0 bridgehead atoms. The van der Waals surface area contributed by atoms with Crippen LogP contribution in [-0.2, 0) is 13.6 Å². The summed E-state index contributed by atoms with van der Waals surface area (Å²) in [5, 5.41) is 8.94. The van der Waals surface area contributed by atoms with Crippen molar-refractivity contribution < 1.29 is 0 Å². The Labute approximate surface area is 116 Å². The number of aromatic nitrogens is 4. The van der Waals surface area contributed by atoms with Crippen molar-refractivity contribution in [2.24, 2.45) is 12.9 Å². The Morgan fingerprint density at radius 2 is 2.16 bits per heavy atom. The van der Waals surface area contributed by atoms with Crippen LogP contribution in [0.4, 0.5) is 5.82 Å². The standard InChI is InChI=1S/C11H18ClN7/c1-3-4-19-10(8(12)6-16-19)9(17-14)7-5-15-18(2)11(7)13/h5-6,9,17H,3-4,13-14H2,1-2H3. The minimum atomic E-state index is -0.338. The Bertz CT molecular complexity index is 559. The smallest absolute Gasteiger partial charge is 0.126 e. The lowest BCUT2D eigenvalue weighted by Gasteiger charge is -2.18. The van der Waals surface area contributed by atoms with Gasteiger partial charge in [-0.25, -0.2) is 5.43 Å². The molecular formula is C11H18ClN7. The molecule has 0 spiro atoms. The van der Waals surface area contributed by atoms with Crippen molar-refractivity contribution in [3.8, 4) is 0 Å². The van der Waals surface area contributed by atoms with Gasteiger partial charge in [-0.3, -0.25) is 15.2 Å². The molecule has 0 aliphatic carbocycles. The number of nitrogens with two attached hydrogens (primary N) is 2. The predicted octanol–water partition coefficient (Wildman–Crippen LogP) is 0.815. The average molecular weight is 284 g/mol. The van der Waals surface area contributed by atoms with E-state index in [2.05, 4.69) is 22.5 Å². The first-order valence-electron chi connectivity index (χ1n) is 6.04. The number of aryl methyl sites for hydroxylation is 2. The number of nitrogens with zero attached hydrogens (tertiary/aromatic N) is 4. The highest BCUT2D eigenvalue weighted by atomic mass is 35.5. The van der Waals surface area contributed by atoms with Gasteiger partial charge in [0.15, 0.2) is 0 Å². The summed E-state index contributed by atoms with van der Waals surface area (Å²) in [4.78, 5) is 0. The van der Waals surface area contributed by atoms with E-state index < -0.39 is 0 Å². The van der Waals surface area contributed by atoms with Crippen LogP contribution in [0.3, 0.4) is 0 Å². The van der Waals surface area contributed by atoms with Gasteiger partial charge < -0.3 is 5.73 Å². The molecule has 1 unspecified atom stereocenters. The largest absolute Gasteiger partial charge is 0.384 e. The van der Waals surface area contributed by atoms with E-state index in [4.69, 9.17) is 23.2 Å². The molecule has 0 aliphatic rings. The zero-order chi connectivity index (χ0) is 14.0. The molecule has 2 heterocycles. The van der Waals surface area contributed by atoms with E-state index in [0.29, 0.717) is 10.8 Å². The fourth-order valence-corrected chi connectivity index (χ4v) is 2.30. The third kappa shape index (κ3) is 2.44. The molecule has 8 heteroatoms. The van der Waals surface area contributed by atoms with Gasteiger partial charge in [-0.05, 0) is 6.42 Å². The molecule has 0 amide bonds. The van der Waals surface area contributed by atoms with Gasteiger partial charge in [0.05, 0.1) is 29.2 Å². The molecule has 0 aliphatic heterocycles. The lowest BCUT2D eigenvalue weighted by molar-refractivity contribution is 0.521. The van der Waals surface area contributed by atoms with Gasteiger partial charge in [0.25, 0.3) is 0 Å². The van der Waals surface area contributed by atoms with E-state index in [1.165, 1.54) is 0 Å². The van der Waals surface area contributed by atoms with Crippen molar-refractivity contribution in [1.29, 1.82) is 0 Å². The Morgan fingerprint density at radius 3 is 2.68 bits per heavy atom. The van der Waals surface area contributed by atoms with Crippen molar-refractivity contribution in [3.05, 3.63) is 28.7 Å². The zero-order valence-corrected chi connectivity index (χ0v) is 11.7. The molecule has 104 valence electrons. The van der Waals surface area contributed by atoms with Crippen LogP contribution in [0.25, 0.3) is 0 Å². The summed E-state index contributed by atoms with van der Waals surface area (Å²) in [7, 11) is 1.78. The van der Waals surface area contributed by atoms with Crippen LogP contribution in [0, 0.1) is 0 Å². The SMILES string of the molecule is CCCn1ncc(Cl)c1C(NN)c1cnn(C)c1N. The fraction of sp³-hybridized carbons (Fsp3) is 0.455. The number of hydrazine groups is 1. The molecule has 7 nitrogen and oxygen atoms in total. The van der Waals surface area contributed by atoms with Crippen molar-refractivity contribution in [1.82, 2.24) is 25.0 Å². The lowest BCUT2D eigenvalue weighted by Crippen LogP contribution is -2.31.